The van der Waals surface area contributed by atoms with E-state index in [2.05, 4.69) is 79.8 Å². The molecule has 0 radical (unpaired) electrons. The second-order valence-corrected chi connectivity index (χ2v) is 12.4. The molecule has 0 saturated carbocycles. The van der Waals surface area contributed by atoms with Crippen molar-refractivity contribution in [3.8, 4) is 11.3 Å². The van der Waals surface area contributed by atoms with Crippen molar-refractivity contribution in [2.75, 3.05) is 0 Å². The number of thiophene rings is 1. The monoisotopic (exact) mass is 542 g/mol. The van der Waals surface area contributed by atoms with Crippen LogP contribution in [-0.4, -0.2) is 0 Å². The zero-order chi connectivity index (χ0) is 27.0. The SMILES string of the molecule is CCCCCCCCCCCCCCCCCCc1ccc(-c2c(C3C=CC=CC=C3)sc3ccccc23)o1. The summed E-state index contributed by atoms with van der Waals surface area (Å²) >= 11 is 1.89. The molecule has 0 unspecified atom stereocenters. The van der Waals surface area contributed by atoms with Crippen molar-refractivity contribution in [2.45, 2.75) is 122 Å². The van der Waals surface area contributed by atoms with E-state index >= 15 is 0 Å². The van der Waals surface area contributed by atoms with Gasteiger partial charge in [0.15, 0.2) is 0 Å². The molecule has 0 amide bonds. The van der Waals surface area contributed by atoms with Crippen molar-refractivity contribution in [2.24, 2.45) is 0 Å². The molecule has 39 heavy (non-hydrogen) atoms. The fourth-order valence-corrected chi connectivity index (χ4v) is 7.05. The molecule has 1 nitrogen and oxygen atoms in total. The van der Waals surface area contributed by atoms with E-state index in [1.54, 1.807) is 0 Å². The highest BCUT2D eigenvalue weighted by Gasteiger charge is 2.21. The molecule has 0 N–H and O–H groups in total. The van der Waals surface area contributed by atoms with E-state index in [1.807, 2.05) is 11.3 Å². The lowest BCUT2D eigenvalue weighted by molar-refractivity contribution is 0.498. The van der Waals surface area contributed by atoms with E-state index in [9.17, 15) is 0 Å². The molecular weight excluding hydrogens is 492 g/mol. The fraction of sp³-hybridized carbons (Fsp3) is 0.514. The van der Waals surface area contributed by atoms with E-state index < -0.39 is 0 Å². The number of furan rings is 1. The van der Waals surface area contributed by atoms with Crippen molar-refractivity contribution in [1.82, 2.24) is 0 Å². The third-order valence-corrected chi connectivity index (χ3v) is 9.35. The molecule has 0 spiro atoms. The molecule has 4 rings (SSSR count). The first kappa shape index (κ1) is 29.7. The molecule has 0 saturated heterocycles. The Balaban J connectivity index is 1.13. The molecule has 2 heteroatoms. The third-order valence-electron chi connectivity index (χ3n) is 8.08. The van der Waals surface area contributed by atoms with Crippen LogP contribution in [0.4, 0.5) is 0 Å². The van der Waals surface area contributed by atoms with E-state index in [1.165, 1.54) is 123 Å². The van der Waals surface area contributed by atoms with Crippen LogP contribution in [0.25, 0.3) is 21.4 Å². The predicted molar refractivity (Wildman–Crippen MR) is 173 cm³/mol. The topological polar surface area (TPSA) is 13.1 Å². The van der Waals surface area contributed by atoms with Crippen LogP contribution in [0.3, 0.4) is 0 Å². The minimum absolute atomic E-state index is 0.279. The second-order valence-electron chi connectivity index (χ2n) is 11.3. The van der Waals surface area contributed by atoms with E-state index in [4.69, 9.17) is 4.42 Å². The molecule has 0 fully saturated rings. The Morgan fingerprint density at radius 3 is 1.79 bits per heavy atom. The molecule has 1 aliphatic carbocycles. The van der Waals surface area contributed by atoms with E-state index in [0.29, 0.717) is 0 Å². The van der Waals surface area contributed by atoms with Gasteiger partial charge in [-0.2, -0.15) is 0 Å². The summed E-state index contributed by atoms with van der Waals surface area (Å²) in [6.07, 6.45) is 36.6. The Kier molecular flexibility index (Phi) is 13.2. The van der Waals surface area contributed by atoms with Gasteiger partial charge >= 0.3 is 0 Å². The van der Waals surface area contributed by atoms with E-state index in [0.717, 1.165) is 17.9 Å². The summed E-state index contributed by atoms with van der Waals surface area (Å²) in [5, 5.41) is 1.31. The molecule has 2 heterocycles. The third kappa shape index (κ3) is 9.67. The highest BCUT2D eigenvalue weighted by Crippen LogP contribution is 2.44. The summed E-state index contributed by atoms with van der Waals surface area (Å²) in [5.41, 5.74) is 1.27. The standard InChI is InChI=1S/C37H50OS/c1-2-3-4-5-6-7-8-9-10-11-12-13-14-15-16-21-26-32-29-30-34(38-32)36-33-27-22-23-28-35(33)39-37(36)31-24-19-17-18-20-25-31/h17-20,22-25,27-31H,2-16,21,26H2,1H3. The number of aryl methyl sites for hydroxylation is 1. The minimum Gasteiger partial charge on any atom is -0.461 e. The fourth-order valence-electron chi connectivity index (χ4n) is 5.78. The molecule has 0 aliphatic heterocycles. The largest absolute Gasteiger partial charge is 0.461 e. The van der Waals surface area contributed by atoms with Gasteiger partial charge in [0, 0.05) is 32.9 Å². The van der Waals surface area contributed by atoms with Gasteiger partial charge in [0.25, 0.3) is 0 Å². The number of unbranched alkanes of at least 4 members (excludes halogenated alkanes) is 15. The number of fused-ring (bicyclic) bond motifs is 1. The summed E-state index contributed by atoms with van der Waals surface area (Å²) in [6.45, 7) is 2.30. The summed E-state index contributed by atoms with van der Waals surface area (Å²) in [5.74, 6) is 2.43. The summed E-state index contributed by atoms with van der Waals surface area (Å²) < 4.78 is 7.80. The molecule has 210 valence electrons. The maximum absolute atomic E-state index is 6.47. The number of hydrogen-bond donors (Lipinski definition) is 0. The zero-order valence-corrected chi connectivity index (χ0v) is 25.2. The first-order valence-electron chi connectivity index (χ1n) is 16.0. The van der Waals surface area contributed by atoms with Crippen LogP contribution < -0.4 is 0 Å². The highest BCUT2D eigenvalue weighted by atomic mass is 32.1. The van der Waals surface area contributed by atoms with Gasteiger partial charge in [0.2, 0.25) is 0 Å². The molecular formula is C37H50OS. The van der Waals surface area contributed by atoms with Gasteiger partial charge < -0.3 is 4.42 Å². The van der Waals surface area contributed by atoms with Crippen LogP contribution in [0.2, 0.25) is 0 Å². The molecule has 1 aliphatic rings. The van der Waals surface area contributed by atoms with Crippen LogP contribution >= 0.6 is 11.3 Å². The number of benzene rings is 1. The maximum Gasteiger partial charge on any atom is 0.136 e. The first-order chi connectivity index (χ1) is 19.4. The number of hydrogen-bond acceptors (Lipinski definition) is 2. The predicted octanol–water partition coefficient (Wildman–Crippen LogP) is 12.7. The van der Waals surface area contributed by atoms with Crippen molar-refractivity contribution in [1.29, 1.82) is 0 Å². The minimum atomic E-state index is 0.279. The highest BCUT2D eigenvalue weighted by molar-refractivity contribution is 7.19. The molecule has 0 bridgehead atoms. The maximum atomic E-state index is 6.47. The Morgan fingerprint density at radius 2 is 1.18 bits per heavy atom. The lowest BCUT2D eigenvalue weighted by atomic mass is 9.99. The normalized spacial score (nSPS) is 13.6. The first-order valence-corrected chi connectivity index (χ1v) is 16.8. The average Bonchev–Trinajstić information content (AvgIpc) is 3.48. The molecule has 3 aromatic rings. The quantitative estimate of drug-likeness (QED) is 0.137. The Morgan fingerprint density at radius 1 is 0.615 bits per heavy atom. The smallest absolute Gasteiger partial charge is 0.136 e. The average molecular weight is 543 g/mol. The van der Waals surface area contributed by atoms with Gasteiger partial charge in [-0.3, -0.25) is 0 Å². The molecule has 1 aromatic carbocycles. The van der Waals surface area contributed by atoms with Crippen molar-refractivity contribution < 1.29 is 4.42 Å². The Hall–Kier alpha value is -2.32. The zero-order valence-electron chi connectivity index (χ0n) is 24.3. The van der Waals surface area contributed by atoms with Crippen molar-refractivity contribution >= 4 is 21.4 Å². The van der Waals surface area contributed by atoms with Crippen LogP contribution in [0.15, 0.2) is 77.3 Å². The molecule has 0 atom stereocenters. The van der Waals surface area contributed by atoms with Gasteiger partial charge in [0.05, 0.1) is 0 Å². The van der Waals surface area contributed by atoms with Gasteiger partial charge in [-0.25, -0.2) is 0 Å². The van der Waals surface area contributed by atoms with Crippen LogP contribution in [-0.2, 0) is 6.42 Å². The van der Waals surface area contributed by atoms with Gasteiger partial charge in [-0.05, 0) is 24.6 Å². The number of rotatable bonds is 19. The van der Waals surface area contributed by atoms with Crippen LogP contribution in [0.5, 0.6) is 0 Å². The number of allylic oxidation sites excluding steroid dienone is 6. The van der Waals surface area contributed by atoms with Crippen molar-refractivity contribution in [3.05, 3.63) is 83.5 Å². The Labute approximate surface area is 242 Å². The van der Waals surface area contributed by atoms with Crippen molar-refractivity contribution in [3.63, 3.8) is 0 Å². The van der Waals surface area contributed by atoms with Gasteiger partial charge in [-0.1, -0.05) is 158 Å². The van der Waals surface area contributed by atoms with Gasteiger partial charge in [-0.15, -0.1) is 11.3 Å². The van der Waals surface area contributed by atoms with E-state index in [-0.39, 0.29) is 5.92 Å². The molecule has 2 aromatic heterocycles. The summed E-state index contributed by atoms with van der Waals surface area (Å²) in [4.78, 5) is 1.37. The van der Waals surface area contributed by atoms with Gasteiger partial charge in [0.1, 0.15) is 11.5 Å². The Bertz CT molecular complexity index is 1160. The second kappa shape index (κ2) is 17.4. The van der Waals surface area contributed by atoms with Crippen LogP contribution in [0.1, 0.15) is 126 Å². The lowest BCUT2D eigenvalue weighted by Crippen LogP contribution is -1.90. The summed E-state index contributed by atoms with van der Waals surface area (Å²) in [7, 11) is 0. The van der Waals surface area contributed by atoms with Crippen LogP contribution in [0, 0.1) is 0 Å². The lowest BCUT2D eigenvalue weighted by Gasteiger charge is -2.08. The summed E-state index contributed by atoms with van der Waals surface area (Å²) in [6, 6.07) is 13.2.